The molecule has 0 atom stereocenters. The van der Waals surface area contributed by atoms with Crippen LogP contribution in [0.2, 0.25) is 0 Å². The molecule has 0 fully saturated rings. The number of nitrogens with one attached hydrogen (secondary N) is 1. The van der Waals surface area contributed by atoms with Crippen molar-refractivity contribution >= 4 is 21.8 Å². The van der Waals surface area contributed by atoms with Crippen LogP contribution < -0.4 is 5.32 Å². The van der Waals surface area contributed by atoms with Crippen LogP contribution in [0.5, 0.6) is 0 Å². The zero-order chi connectivity index (χ0) is 6.57. The second kappa shape index (κ2) is 3.66. The maximum atomic E-state index is 10.5. The molecule has 0 saturated heterocycles. The number of alkyl halides is 1. The highest BCUT2D eigenvalue weighted by molar-refractivity contribution is 9.09. The predicted octanol–water partition coefficient (Wildman–Crippen LogP) is 0.683. The molecule has 0 aliphatic rings. The van der Waals surface area contributed by atoms with Crippen LogP contribution in [0.15, 0.2) is 12.2 Å². The summed E-state index contributed by atoms with van der Waals surface area (Å²) in [5, 5.41) is 2.98. The van der Waals surface area contributed by atoms with Crippen molar-refractivity contribution in [2.45, 2.75) is 0 Å². The molecule has 0 spiro atoms. The van der Waals surface area contributed by atoms with E-state index in [2.05, 4.69) is 27.8 Å². The van der Waals surface area contributed by atoms with Crippen molar-refractivity contribution in [1.29, 1.82) is 0 Å². The van der Waals surface area contributed by atoms with Crippen LogP contribution in [0.1, 0.15) is 0 Å². The van der Waals surface area contributed by atoms with Crippen molar-refractivity contribution < 1.29 is 4.79 Å². The van der Waals surface area contributed by atoms with Crippen molar-refractivity contribution in [3.05, 3.63) is 12.2 Å². The summed E-state index contributed by atoms with van der Waals surface area (Å²) in [5.41, 5.74) is 0.549. The molecule has 0 rings (SSSR count). The summed E-state index contributed by atoms with van der Waals surface area (Å²) in [5.74, 6) is -0.109. The molecule has 8 heavy (non-hydrogen) atoms. The lowest BCUT2D eigenvalue weighted by Gasteiger charge is -1.95. The summed E-state index contributed by atoms with van der Waals surface area (Å²) < 4.78 is 0. The summed E-state index contributed by atoms with van der Waals surface area (Å²) in [7, 11) is 1.58. The third-order valence-corrected chi connectivity index (χ3v) is 1.39. The third-order valence-electron chi connectivity index (χ3n) is 0.709. The van der Waals surface area contributed by atoms with E-state index in [4.69, 9.17) is 0 Å². The molecule has 0 bridgehead atoms. The standard InChI is InChI=1S/C5H8BrNO/c1-4(3-6)5(8)7-2/h1,3H2,2H3,(H,7,8). The zero-order valence-electron chi connectivity index (χ0n) is 4.70. The minimum absolute atomic E-state index is 0.109. The molecule has 0 unspecified atom stereocenters. The number of amides is 1. The number of rotatable bonds is 2. The van der Waals surface area contributed by atoms with Gasteiger partial charge < -0.3 is 5.32 Å². The first kappa shape index (κ1) is 7.69. The van der Waals surface area contributed by atoms with E-state index in [0.29, 0.717) is 10.9 Å². The van der Waals surface area contributed by atoms with E-state index >= 15 is 0 Å². The Morgan fingerprint density at radius 3 is 2.50 bits per heavy atom. The van der Waals surface area contributed by atoms with Crippen LogP contribution in [0.3, 0.4) is 0 Å². The van der Waals surface area contributed by atoms with Gasteiger partial charge in [0.1, 0.15) is 0 Å². The molecule has 0 aromatic carbocycles. The fraction of sp³-hybridized carbons (Fsp3) is 0.400. The molecule has 46 valence electrons. The van der Waals surface area contributed by atoms with Crippen LogP contribution in [-0.4, -0.2) is 18.3 Å². The van der Waals surface area contributed by atoms with Crippen LogP contribution in [0, 0.1) is 0 Å². The Hall–Kier alpha value is -0.310. The molecular formula is C5H8BrNO. The van der Waals surface area contributed by atoms with Gasteiger partial charge in [-0.25, -0.2) is 0 Å². The minimum Gasteiger partial charge on any atom is -0.355 e. The average molecular weight is 178 g/mol. The lowest BCUT2D eigenvalue weighted by Crippen LogP contribution is -2.19. The Balaban J connectivity index is 3.64. The first-order valence-electron chi connectivity index (χ1n) is 2.18. The van der Waals surface area contributed by atoms with Crippen molar-refractivity contribution in [3.63, 3.8) is 0 Å². The Bertz CT molecular complexity index is 97.0. The molecular weight excluding hydrogens is 170 g/mol. The van der Waals surface area contributed by atoms with Crippen LogP contribution in [0.4, 0.5) is 0 Å². The van der Waals surface area contributed by atoms with E-state index in [1.54, 1.807) is 7.05 Å². The van der Waals surface area contributed by atoms with Crippen LogP contribution in [0.25, 0.3) is 0 Å². The first-order chi connectivity index (χ1) is 3.72. The highest BCUT2D eigenvalue weighted by Crippen LogP contribution is 1.93. The average Bonchev–Trinajstić information content (AvgIpc) is 1.84. The van der Waals surface area contributed by atoms with Crippen molar-refractivity contribution in [2.24, 2.45) is 0 Å². The van der Waals surface area contributed by atoms with E-state index in [0.717, 1.165) is 0 Å². The Kier molecular flexibility index (Phi) is 3.52. The van der Waals surface area contributed by atoms with Gasteiger partial charge in [0.2, 0.25) is 5.91 Å². The molecule has 0 heterocycles. The topological polar surface area (TPSA) is 29.1 Å². The third kappa shape index (κ3) is 2.12. The molecule has 3 heteroatoms. The van der Waals surface area contributed by atoms with E-state index in [1.807, 2.05) is 0 Å². The zero-order valence-corrected chi connectivity index (χ0v) is 6.29. The van der Waals surface area contributed by atoms with Crippen LogP contribution in [-0.2, 0) is 4.79 Å². The van der Waals surface area contributed by atoms with Crippen LogP contribution >= 0.6 is 15.9 Å². The fourth-order valence-electron chi connectivity index (χ4n) is 0.237. The van der Waals surface area contributed by atoms with Gasteiger partial charge in [0, 0.05) is 18.0 Å². The smallest absolute Gasteiger partial charge is 0.247 e. The van der Waals surface area contributed by atoms with Gasteiger partial charge in [-0.2, -0.15) is 0 Å². The minimum atomic E-state index is -0.109. The molecule has 0 radical (unpaired) electrons. The van der Waals surface area contributed by atoms with E-state index < -0.39 is 0 Å². The number of halogens is 1. The van der Waals surface area contributed by atoms with E-state index in [-0.39, 0.29) is 5.91 Å². The fourth-order valence-corrected chi connectivity index (χ4v) is 0.492. The second-order valence-corrected chi connectivity index (χ2v) is 1.88. The maximum absolute atomic E-state index is 10.5. The number of carbonyl (C=O) groups excluding carboxylic acids is 1. The van der Waals surface area contributed by atoms with Gasteiger partial charge in [0.25, 0.3) is 0 Å². The summed E-state index contributed by atoms with van der Waals surface area (Å²) >= 11 is 3.10. The summed E-state index contributed by atoms with van der Waals surface area (Å²) in [6, 6.07) is 0. The molecule has 0 aromatic rings. The van der Waals surface area contributed by atoms with Gasteiger partial charge in [0.15, 0.2) is 0 Å². The normalized spacial score (nSPS) is 8.25. The second-order valence-electron chi connectivity index (χ2n) is 1.32. The highest BCUT2D eigenvalue weighted by atomic mass is 79.9. The Morgan fingerprint density at radius 1 is 1.88 bits per heavy atom. The molecule has 0 saturated carbocycles. The SMILES string of the molecule is C=C(CBr)C(=O)NC. The largest absolute Gasteiger partial charge is 0.355 e. The summed E-state index contributed by atoms with van der Waals surface area (Å²) in [6.45, 7) is 3.49. The molecule has 0 aliphatic heterocycles. The van der Waals surface area contributed by atoms with Gasteiger partial charge in [0.05, 0.1) is 0 Å². The summed E-state index contributed by atoms with van der Waals surface area (Å²) in [4.78, 5) is 10.5. The maximum Gasteiger partial charge on any atom is 0.247 e. The van der Waals surface area contributed by atoms with E-state index in [1.165, 1.54) is 0 Å². The lowest BCUT2D eigenvalue weighted by molar-refractivity contribution is -0.116. The molecule has 0 aliphatic carbocycles. The monoisotopic (exact) mass is 177 g/mol. The molecule has 1 amide bonds. The number of hydrogen-bond acceptors (Lipinski definition) is 1. The van der Waals surface area contributed by atoms with Crippen molar-refractivity contribution in [3.8, 4) is 0 Å². The lowest BCUT2D eigenvalue weighted by atomic mass is 10.3. The van der Waals surface area contributed by atoms with E-state index in [9.17, 15) is 4.79 Å². The Labute approximate surface area is 57.1 Å². The first-order valence-corrected chi connectivity index (χ1v) is 3.30. The quantitative estimate of drug-likeness (QED) is 0.489. The van der Waals surface area contributed by atoms with Gasteiger partial charge in [-0.05, 0) is 0 Å². The molecule has 1 N–H and O–H groups in total. The predicted molar refractivity (Wildman–Crippen MR) is 37.0 cm³/mol. The van der Waals surface area contributed by atoms with Crippen molar-refractivity contribution in [1.82, 2.24) is 5.32 Å². The summed E-state index contributed by atoms with van der Waals surface area (Å²) in [6.07, 6.45) is 0. The number of hydrogen-bond donors (Lipinski definition) is 1. The van der Waals surface area contributed by atoms with Crippen molar-refractivity contribution in [2.75, 3.05) is 12.4 Å². The Morgan fingerprint density at radius 2 is 2.38 bits per heavy atom. The highest BCUT2D eigenvalue weighted by Gasteiger charge is 1.98. The molecule has 2 nitrogen and oxygen atoms in total. The molecule has 0 aromatic heterocycles. The van der Waals surface area contributed by atoms with Gasteiger partial charge in [-0.15, -0.1) is 0 Å². The van der Waals surface area contributed by atoms with Gasteiger partial charge in [-0.3, -0.25) is 4.79 Å². The number of carbonyl (C=O) groups is 1. The number of likely N-dealkylation sites (N-methyl/N-ethyl adjacent to an activating group) is 1. The van der Waals surface area contributed by atoms with Gasteiger partial charge in [-0.1, -0.05) is 22.5 Å². The van der Waals surface area contributed by atoms with Gasteiger partial charge >= 0.3 is 0 Å².